The average molecular weight is 247 g/mol. The molecule has 2 heteroatoms. The molecule has 2 rings (SSSR count). The van der Waals surface area contributed by atoms with E-state index in [0.717, 1.165) is 25.2 Å². The first-order valence-corrected chi connectivity index (χ1v) is 7.25. The normalized spacial score (nSPS) is 19.2. The number of para-hydroxylation sites is 1. The van der Waals surface area contributed by atoms with Gasteiger partial charge in [-0.2, -0.15) is 0 Å². The summed E-state index contributed by atoms with van der Waals surface area (Å²) in [7, 11) is 0. The minimum atomic E-state index is 0.0799. The van der Waals surface area contributed by atoms with Crippen molar-refractivity contribution < 1.29 is 4.74 Å². The zero-order valence-electron chi connectivity index (χ0n) is 11.2. The molecule has 0 radical (unpaired) electrons. The van der Waals surface area contributed by atoms with E-state index in [1.165, 1.54) is 38.5 Å². The maximum atomic E-state index is 6.48. The summed E-state index contributed by atoms with van der Waals surface area (Å²) in [5.74, 6) is 0.962. The van der Waals surface area contributed by atoms with Crippen LogP contribution in [0.5, 0.6) is 5.75 Å². The van der Waals surface area contributed by atoms with Crippen molar-refractivity contribution in [3.8, 4) is 5.75 Å². The maximum absolute atomic E-state index is 6.48. The van der Waals surface area contributed by atoms with Gasteiger partial charge in [-0.25, -0.2) is 0 Å². The first-order chi connectivity index (χ1) is 8.79. The van der Waals surface area contributed by atoms with E-state index in [4.69, 9.17) is 10.5 Å². The van der Waals surface area contributed by atoms with Gasteiger partial charge in [0, 0.05) is 5.54 Å². The molecule has 1 aromatic rings. The zero-order valence-corrected chi connectivity index (χ0v) is 11.2. The van der Waals surface area contributed by atoms with Crippen LogP contribution in [0.3, 0.4) is 0 Å². The molecule has 0 spiro atoms. The second-order valence-corrected chi connectivity index (χ2v) is 5.54. The van der Waals surface area contributed by atoms with Crippen molar-refractivity contribution in [3.05, 3.63) is 30.3 Å². The zero-order chi connectivity index (χ0) is 12.7. The van der Waals surface area contributed by atoms with Gasteiger partial charge in [-0.05, 0) is 37.8 Å². The molecule has 100 valence electrons. The van der Waals surface area contributed by atoms with Crippen LogP contribution in [0.25, 0.3) is 0 Å². The van der Waals surface area contributed by atoms with Crippen molar-refractivity contribution in [1.82, 2.24) is 0 Å². The molecule has 2 N–H and O–H groups in total. The number of rotatable bonds is 5. The number of nitrogens with two attached hydrogens (primary N) is 1. The Hall–Kier alpha value is -1.02. The molecule has 0 heterocycles. The minimum Gasteiger partial charge on any atom is -0.494 e. The Morgan fingerprint density at radius 1 is 1.00 bits per heavy atom. The molecule has 1 fully saturated rings. The fourth-order valence-corrected chi connectivity index (χ4v) is 2.81. The van der Waals surface area contributed by atoms with Crippen molar-refractivity contribution in [2.45, 2.75) is 56.9 Å². The van der Waals surface area contributed by atoms with E-state index in [0.29, 0.717) is 0 Å². The van der Waals surface area contributed by atoms with Crippen LogP contribution in [-0.2, 0) is 0 Å². The predicted molar refractivity (Wildman–Crippen MR) is 75.8 cm³/mol. The molecule has 0 aliphatic heterocycles. The molecule has 0 unspecified atom stereocenters. The Morgan fingerprint density at radius 2 is 1.67 bits per heavy atom. The molecule has 1 aromatic carbocycles. The Kier molecular flexibility index (Phi) is 5.06. The van der Waals surface area contributed by atoms with Crippen molar-refractivity contribution >= 4 is 0 Å². The van der Waals surface area contributed by atoms with Crippen LogP contribution in [0.15, 0.2) is 30.3 Å². The molecule has 2 nitrogen and oxygen atoms in total. The lowest BCUT2D eigenvalue weighted by Crippen LogP contribution is -2.39. The minimum absolute atomic E-state index is 0.0799. The van der Waals surface area contributed by atoms with Gasteiger partial charge in [0.05, 0.1) is 6.61 Å². The molecule has 0 atom stereocenters. The van der Waals surface area contributed by atoms with Gasteiger partial charge in [0.25, 0.3) is 0 Å². The van der Waals surface area contributed by atoms with Gasteiger partial charge >= 0.3 is 0 Å². The summed E-state index contributed by atoms with van der Waals surface area (Å²) in [5.41, 5.74) is 6.56. The number of hydrogen-bond acceptors (Lipinski definition) is 2. The van der Waals surface area contributed by atoms with Crippen molar-refractivity contribution in [3.63, 3.8) is 0 Å². The highest BCUT2D eigenvalue weighted by molar-refractivity contribution is 5.20. The van der Waals surface area contributed by atoms with Crippen LogP contribution < -0.4 is 10.5 Å². The first-order valence-electron chi connectivity index (χ1n) is 7.25. The lowest BCUT2D eigenvalue weighted by Gasteiger charge is -2.28. The highest BCUT2D eigenvalue weighted by atomic mass is 16.5. The van der Waals surface area contributed by atoms with E-state index < -0.39 is 0 Å². The molecule has 0 amide bonds. The van der Waals surface area contributed by atoms with E-state index >= 15 is 0 Å². The van der Waals surface area contributed by atoms with Crippen LogP contribution in [0.2, 0.25) is 0 Å². The summed E-state index contributed by atoms with van der Waals surface area (Å²) in [5, 5.41) is 0. The van der Waals surface area contributed by atoms with Gasteiger partial charge in [-0.3, -0.25) is 0 Å². The standard InChI is InChI=1S/C16H25NO/c17-16(11-6-1-2-7-12-16)13-8-14-18-15-9-4-3-5-10-15/h3-5,9-10H,1-2,6-8,11-14,17H2. The number of hydrogen-bond donors (Lipinski definition) is 1. The van der Waals surface area contributed by atoms with Gasteiger partial charge in [0.2, 0.25) is 0 Å². The van der Waals surface area contributed by atoms with Crippen LogP contribution >= 0.6 is 0 Å². The Bertz CT molecular complexity index is 328. The van der Waals surface area contributed by atoms with Crippen molar-refractivity contribution in [2.75, 3.05) is 6.61 Å². The van der Waals surface area contributed by atoms with E-state index in [9.17, 15) is 0 Å². The van der Waals surface area contributed by atoms with Gasteiger partial charge in [-0.1, -0.05) is 43.9 Å². The molecule has 0 saturated heterocycles. The molecule has 1 saturated carbocycles. The average Bonchev–Trinajstić information content (AvgIpc) is 2.61. The molecule has 1 aliphatic carbocycles. The summed E-state index contributed by atoms with van der Waals surface area (Å²) < 4.78 is 5.72. The van der Waals surface area contributed by atoms with E-state index in [-0.39, 0.29) is 5.54 Å². The van der Waals surface area contributed by atoms with Gasteiger partial charge in [0.15, 0.2) is 0 Å². The Morgan fingerprint density at radius 3 is 2.33 bits per heavy atom. The fourth-order valence-electron chi connectivity index (χ4n) is 2.81. The van der Waals surface area contributed by atoms with Gasteiger partial charge in [-0.15, -0.1) is 0 Å². The van der Waals surface area contributed by atoms with E-state index in [1.54, 1.807) is 0 Å². The molecular formula is C16H25NO. The molecule has 1 aliphatic rings. The molecule has 18 heavy (non-hydrogen) atoms. The summed E-state index contributed by atoms with van der Waals surface area (Å²) in [4.78, 5) is 0. The Balaban J connectivity index is 1.68. The summed E-state index contributed by atoms with van der Waals surface area (Å²) in [6.45, 7) is 0.781. The Labute approximate surface area is 111 Å². The second kappa shape index (κ2) is 6.79. The van der Waals surface area contributed by atoms with Crippen LogP contribution in [0, 0.1) is 0 Å². The lowest BCUT2D eigenvalue weighted by atomic mass is 9.87. The largest absolute Gasteiger partial charge is 0.494 e. The molecular weight excluding hydrogens is 222 g/mol. The second-order valence-electron chi connectivity index (χ2n) is 5.54. The summed E-state index contributed by atoms with van der Waals surface area (Å²) >= 11 is 0. The SMILES string of the molecule is NC1(CCCOc2ccccc2)CCCCCC1. The smallest absolute Gasteiger partial charge is 0.119 e. The van der Waals surface area contributed by atoms with Crippen molar-refractivity contribution in [2.24, 2.45) is 5.73 Å². The summed E-state index contributed by atoms with van der Waals surface area (Å²) in [6, 6.07) is 10.0. The van der Waals surface area contributed by atoms with Crippen LogP contribution in [0.4, 0.5) is 0 Å². The maximum Gasteiger partial charge on any atom is 0.119 e. The third kappa shape index (κ3) is 4.34. The highest BCUT2D eigenvalue weighted by Crippen LogP contribution is 2.28. The first kappa shape index (κ1) is 13.4. The topological polar surface area (TPSA) is 35.2 Å². The van der Waals surface area contributed by atoms with Crippen LogP contribution in [-0.4, -0.2) is 12.1 Å². The number of ether oxygens (including phenoxy) is 1. The highest BCUT2D eigenvalue weighted by Gasteiger charge is 2.25. The monoisotopic (exact) mass is 247 g/mol. The number of benzene rings is 1. The van der Waals surface area contributed by atoms with Gasteiger partial charge < -0.3 is 10.5 Å². The van der Waals surface area contributed by atoms with Gasteiger partial charge in [0.1, 0.15) is 5.75 Å². The van der Waals surface area contributed by atoms with E-state index in [2.05, 4.69) is 0 Å². The van der Waals surface area contributed by atoms with E-state index in [1.807, 2.05) is 30.3 Å². The summed E-state index contributed by atoms with van der Waals surface area (Å²) in [6.07, 6.45) is 9.87. The fraction of sp³-hybridized carbons (Fsp3) is 0.625. The third-order valence-electron chi connectivity index (χ3n) is 3.93. The van der Waals surface area contributed by atoms with Crippen LogP contribution in [0.1, 0.15) is 51.4 Å². The third-order valence-corrected chi connectivity index (χ3v) is 3.93. The predicted octanol–water partition coefficient (Wildman–Crippen LogP) is 3.90. The molecule has 0 bridgehead atoms. The molecule has 0 aromatic heterocycles. The lowest BCUT2D eigenvalue weighted by molar-refractivity contribution is 0.266. The van der Waals surface area contributed by atoms with Crippen molar-refractivity contribution in [1.29, 1.82) is 0 Å². The quantitative estimate of drug-likeness (QED) is 0.632.